The first-order valence-corrected chi connectivity index (χ1v) is 4.38. The Kier molecular flexibility index (Phi) is 3.28. The zero-order valence-electron chi connectivity index (χ0n) is 7.02. The first kappa shape index (κ1) is 9.25. The Morgan fingerprint density at radius 2 is 2.58 bits per heavy atom. The molecule has 1 unspecified atom stereocenters. The second kappa shape index (κ2) is 4.25. The summed E-state index contributed by atoms with van der Waals surface area (Å²) in [7, 11) is 1.77. The fraction of sp³-hybridized carbons (Fsp3) is 0.714. The maximum absolute atomic E-state index is 10.8. The van der Waals surface area contributed by atoms with E-state index < -0.39 is 0 Å². The number of nitrogens with one attached hydrogen (secondary N) is 3. The molecular formula is C7H13N3OS. The van der Waals surface area contributed by atoms with Crippen LogP contribution in [0, 0.1) is 0 Å². The van der Waals surface area contributed by atoms with E-state index in [2.05, 4.69) is 16.0 Å². The molecule has 1 amide bonds. The molecule has 4 nitrogen and oxygen atoms in total. The van der Waals surface area contributed by atoms with Gasteiger partial charge in [-0.1, -0.05) is 0 Å². The van der Waals surface area contributed by atoms with Crippen LogP contribution >= 0.6 is 12.2 Å². The van der Waals surface area contributed by atoms with Crippen LogP contribution in [0.1, 0.15) is 12.8 Å². The highest BCUT2D eigenvalue weighted by molar-refractivity contribution is 7.80. The predicted octanol–water partition coefficient (Wildman–Crippen LogP) is -0.641. The monoisotopic (exact) mass is 187 g/mol. The van der Waals surface area contributed by atoms with E-state index in [9.17, 15) is 4.79 Å². The fourth-order valence-electron chi connectivity index (χ4n) is 1.13. The van der Waals surface area contributed by atoms with Crippen molar-refractivity contribution in [3.63, 3.8) is 0 Å². The summed E-state index contributed by atoms with van der Waals surface area (Å²) in [5.74, 6) is 0.136. The van der Waals surface area contributed by atoms with Crippen molar-refractivity contribution in [2.75, 3.05) is 13.6 Å². The number of thiocarbonyl (C=S) groups is 1. The zero-order chi connectivity index (χ0) is 8.97. The number of amides is 1. The van der Waals surface area contributed by atoms with Crippen molar-refractivity contribution in [3.8, 4) is 0 Å². The van der Waals surface area contributed by atoms with Gasteiger partial charge >= 0.3 is 0 Å². The molecule has 0 spiro atoms. The summed E-state index contributed by atoms with van der Waals surface area (Å²) in [4.78, 5) is 10.8. The van der Waals surface area contributed by atoms with Crippen molar-refractivity contribution in [1.29, 1.82) is 0 Å². The summed E-state index contributed by atoms with van der Waals surface area (Å²) >= 11 is 4.88. The van der Waals surface area contributed by atoms with Crippen LogP contribution in [0.3, 0.4) is 0 Å². The molecule has 1 aliphatic rings. The normalized spacial score (nSPS) is 21.8. The summed E-state index contributed by atoms with van der Waals surface area (Å²) < 4.78 is 0. The highest BCUT2D eigenvalue weighted by Gasteiger charge is 2.19. The molecule has 1 fully saturated rings. The van der Waals surface area contributed by atoms with Crippen LogP contribution in [-0.4, -0.2) is 30.7 Å². The lowest BCUT2D eigenvalue weighted by molar-refractivity contribution is -0.119. The number of hydrogen-bond acceptors (Lipinski definition) is 2. The molecule has 12 heavy (non-hydrogen) atoms. The SMILES string of the molecule is CNC(=S)NCC1CCC(=O)N1. The zero-order valence-corrected chi connectivity index (χ0v) is 7.83. The third kappa shape index (κ3) is 2.65. The van der Waals surface area contributed by atoms with Crippen LogP contribution in [0.25, 0.3) is 0 Å². The molecule has 3 N–H and O–H groups in total. The highest BCUT2D eigenvalue weighted by atomic mass is 32.1. The minimum atomic E-state index is 0.136. The van der Waals surface area contributed by atoms with E-state index in [-0.39, 0.29) is 11.9 Å². The summed E-state index contributed by atoms with van der Waals surface area (Å²) in [5.41, 5.74) is 0. The number of carbonyl (C=O) groups excluding carboxylic acids is 1. The Hall–Kier alpha value is -0.840. The van der Waals surface area contributed by atoms with Crippen molar-refractivity contribution < 1.29 is 4.79 Å². The van der Waals surface area contributed by atoms with E-state index in [1.54, 1.807) is 7.05 Å². The Labute approximate surface area is 77.1 Å². The molecule has 5 heteroatoms. The fourth-order valence-corrected chi connectivity index (χ4v) is 1.22. The van der Waals surface area contributed by atoms with E-state index in [0.29, 0.717) is 18.1 Å². The van der Waals surface area contributed by atoms with Gasteiger partial charge in [-0.05, 0) is 18.6 Å². The van der Waals surface area contributed by atoms with Gasteiger partial charge < -0.3 is 16.0 Å². The lowest BCUT2D eigenvalue weighted by Crippen LogP contribution is -2.41. The van der Waals surface area contributed by atoms with E-state index in [4.69, 9.17) is 12.2 Å². The van der Waals surface area contributed by atoms with Crippen LogP contribution in [-0.2, 0) is 4.79 Å². The van der Waals surface area contributed by atoms with Crippen LogP contribution in [0.2, 0.25) is 0 Å². The van der Waals surface area contributed by atoms with Gasteiger partial charge in [0.2, 0.25) is 5.91 Å². The van der Waals surface area contributed by atoms with Crippen molar-refractivity contribution in [3.05, 3.63) is 0 Å². The lowest BCUT2D eigenvalue weighted by atomic mass is 10.2. The third-order valence-electron chi connectivity index (χ3n) is 1.82. The average Bonchev–Trinajstić information content (AvgIpc) is 2.47. The topological polar surface area (TPSA) is 53.2 Å². The van der Waals surface area contributed by atoms with E-state index in [1.165, 1.54) is 0 Å². The molecule has 0 aromatic carbocycles. The molecule has 0 radical (unpaired) electrons. The average molecular weight is 187 g/mol. The minimum Gasteiger partial charge on any atom is -0.366 e. The second-order valence-corrected chi connectivity index (χ2v) is 3.17. The summed E-state index contributed by atoms with van der Waals surface area (Å²) in [6.07, 6.45) is 1.54. The van der Waals surface area contributed by atoms with Gasteiger partial charge in [-0.25, -0.2) is 0 Å². The molecule has 1 aliphatic heterocycles. The lowest BCUT2D eigenvalue weighted by Gasteiger charge is -2.12. The maximum Gasteiger partial charge on any atom is 0.220 e. The Bertz CT molecular complexity index is 195. The molecular weight excluding hydrogens is 174 g/mol. The molecule has 0 aliphatic carbocycles. The standard InChI is InChI=1S/C7H13N3OS/c1-8-7(12)9-4-5-2-3-6(11)10-5/h5H,2-4H2,1H3,(H,10,11)(H2,8,9,12). The van der Waals surface area contributed by atoms with E-state index >= 15 is 0 Å². The Morgan fingerprint density at radius 1 is 1.83 bits per heavy atom. The van der Waals surface area contributed by atoms with Crippen molar-refractivity contribution >= 4 is 23.2 Å². The van der Waals surface area contributed by atoms with Gasteiger partial charge in [-0.2, -0.15) is 0 Å². The highest BCUT2D eigenvalue weighted by Crippen LogP contribution is 2.04. The summed E-state index contributed by atoms with van der Waals surface area (Å²) in [6, 6.07) is 0.240. The van der Waals surface area contributed by atoms with Gasteiger partial charge in [0.25, 0.3) is 0 Å². The number of hydrogen-bond donors (Lipinski definition) is 3. The third-order valence-corrected chi connectivity index (χ3v) is 2.17. The van der Waals surface area contributed by atoms with Crippen molar-refractivity contribution in [2.45, 2.75) is 18.9 Å². The van der Waals surface area contributed by atoms with Gasteiger partial charge in [-0.3, -0.25) is 4.79 Å². The van der Waals surface area contributed by atoms with Crippen LogP contribution < -0.4 is 16.0 Å². The van der Waals surface area contributed by atoms with Gasteiger partial charge in [0.15, 0.2) is 5.11 Å². The van der Waals surface area contributed by atoms with Crippen molar-refractivity contribution in [2.24, 2.45) is 0 Å². The van der Waals surface area contributed by atoms with Gasteiger partial charge in [0.05, 0.1) is 0 Å². The van der Waals surface area contributed by atoms with E-state index in [0.717, 1.165) is 6.42 Å². The first-order valence-electron chi connectivity index (χ1n) is 3.97. The smallest absolute Gasteiger partial charge is 0.220 e. The van der Waals surface area contributed by atoms with E-state index in [1.807, 2.05) is 0 Å². The van der Waals surface area contributed by atoms with Gasteiger partial charge in [0.1, 0.15) is 0 Å². The Balaban J connectivity index is 2.16. The molecule has 0 aromatic heterocycles. The minimum absolute atomic E-state index is 0.136. The van der Waals surface area contributed by atoms with Gasteiger partial charge in [-0.15, -0.1) is 0 Å². The quantitative estimate of drug-likeness (QED) is 0.503. The molecule has 1 heterocycles. The predicted molar refractivity (Wildman–Crippen MR) is 50.8 cm³/mol. The molecule has 0 bridgehead atoms. The molecule has 0 saturated carbocycles. The molecule has 68 valence electrons. The molecule has 0 aromatic rings. The number of rotatable bonds is 2. The van der Waals surface area contributed by atoms with Crippen LogP contribution in [0.5, 0.6) is 0 Å². The first-order chi connectivity index (χ1) is 5.72. The van der Waals surface area contributed by atoms with Gasteiger partial charge in [0, 0.05) is 26.1 Å². The van der Waals surface area contributed by atoms with Crippen LogP contribution in [0.15, 0.2) is 0 Å². The Morgan fingerprint density at radius 3 is 3.08 bits per heavy atom. The van der Waals surface area contributed by atoms with Crippen molar-refractivity contribution in [1.82, 2.24) is 16.0 Å². The summed E-state index contributed by atoms with van der Waals surface area (Å²) in [6.45, 7) is 0.714. The molecule has 1 atom stereocenters. The summed E-state index contributed by atoms with van der Waals surface area (Å²) in [5, 5.41) is 9.27. The largest absolute Gasteiger partial charge is 0.366 e. The molecule has 1 saturated heterocycles. The molecule has 1 rings (SSSR count). The number of carbonyl (C=O) groups is 1. The van der Waals surface area contributed by atoms with Crippen LogP contribution in [0.4, 0.5) is 0 Å². The second-order valence-electron chi connectivity index (χ2n) is 2.76. The maximum atomic E-state index is 10.8.